The van der Waals surface area contributed by atoms with Crippen LogP contribution in [0.2, 0.25) is 0 Å². The van der Waals surface area contributed by atoms with Gasteiger partial charge in [-0.2, -0.15) is 4.98 Å². The third kappa shape index (κ3) is 2.34. The summed E-state index contributed by atoms with van der Waals surface area (Å²) in [5, 5.41) is 0. The molecule has 1 saturated heterocycles. The maximum Gasteiger partial charge on any atom is 0.221 e. The second-order valence-electron chi connectivity index (χ2n) is 5.15. The zero-order valence-corrected chi connectivity index (χ0v) is 11.0. The molecule has 2 unspecified atom stereocenters. The molecule has 17 heavy (non-hydrogen) atoms. The van der Waals surface area contributed by atoms with Crippen LogP contribution in [-0.2, 0) is 0 Å². The van der Waals surface area contributed by atoms with Crippen molar-refractivity contribution in [2.24, 2.45) is 5.92 Å². The smallest absolute Gasteiger partial charge is 0.221 e. The van der Waals surface area contributed by atoms with Crippen molar-refractivity contribution in [3.63, 3.8) is 0 Å². The van der Waals surface area contributed by atoms with Gasteiger partial charge in [-0.05, 0) is 26.9 Å². The van der Waals surface area contributed by atoms with E-state index in [9.17, 15) is 0 Å². The van der Waals surface area contributed by atoms with Crippen LogP contribution in [0.1, 0.15) is 12.5 Å². The van der Waals surface area contributed by atoms with Gasteiger partial charge in [0, 0.05) is 30.9 Å². The summed E-state index contributed by atoms with van der Waals surface area (Å²) >= 11 is 0. The summed E-state index contributed by atoms with van der Waals surface area (Å²) in [4.78, 5) is 13.0. The quantitative estimate of drug-likeness (QED) is 0.820. The van der Waals surface area contributed by atoms with Crippen LogP contribution in [0.4, 0.5) is 11.8 Å². The van der Waals surface area contributed by atoms with Gasteiger partial charge in [0.15, 0.2) is 0 Å². The van der Waals surface area contributed by atoms with E-state index >= 15 is 0 Å². The highest BCUT2D eigenvalue weighted by atomic mass is 15.3. The van der Waals surface area contributed by atoms with E-state index in [1.807, 2.05) is 6.92 Å². The number of nitrogen functional groups attached to an aromatic ring is 1. The van der Waals surface area contributed by atoms with Gasteiger partial charge in [0.2, 0.25) is 5.95 Å². The number of nitrogens with zero attached hydrogens (tertiary/aromatic N) is 4. The Kier molecular flexibility index (Phi) is 3.19. The predicted molar refractivity (Wildman–Crippen MR) is 70.0 cm³/mol. The second kappa shape index (κ2) is 4.49. The summed E-state index contributed by atoms with van der Waals surface area (Å²) < 4.78 is 0. The number of aryl methyl sites for hydroxylation is 1. The van der Waals surface area contributed by atoms with Gasteiger partial charge in [0.25, 0.3) is 0 Å². The Morgan fingerprint density at radius 3 is 2.71 bits per heavy atom. The molecule has 0 bridgehead atoms. The van der Waals surface area contributed by atoms with Crippen molar-refractivity contribution in [1.82, 2.24) is 14.9 Å². The summed E-state index contributed by atoms with van der Waals surface area (Å²) in [5.74, 6) is 1.97. The molecule has 2 N–H and O–H groups in total. The summed E-state index contributed by atoms with van der Waals surface area (Å²) in [6.07, 6.45) is 1.80. The fourth-order valence-corrected chi connectivity index (χ4v) is 2.56. The first-order valence-corrected chi connectivity index (χ1v) is 5.99. The lowest BCUT2D eigenvalue weighted by Crippen LogP contribution is -2.34. The van der Waals surface area contributed by atoms with E-state index in [0.717, 1.165) is 24.5 Å². The highest BCUT2D eigenvalue weighted by Gasteiger charge is 2.32. The van der Waals surface area contributed by atoms with Crippen molar-refractivity contribution in [1.29, 1.82) is 0 Å². The standard InChI is InChI=1S/C12H21N5/c1-8-5-14-12(13)15-11(8)17-6-9(2)10(7-17)16(3)4/h5,9-10H,6-7H2,1-4H3,(H2,13,14,15). The van der Waals surface area contributed by atoms with E-state index in [4.69, 9.17) is 5.73 Å². The van der Waals surface area contributed by atoms with E-state index in [2.05, 4.69) is 40.8 Å². The van der Waals surface area contributed by atoms with Gasteiger partial charge in [-0.25, -0.2) is 4.98 Å². The molecule has 1 fully saturated rings. The Morgan fingerprint density at radius 2 is 2.12 bits per heavy atom. The number of rotatable bonds is 2. The van der Waals surface area contributed by atoms with Crippen LogP contribution in [0.25, 0.3) is 0 Å². The van der Waals surface area contributed by atoms with Crippen LogP contribution in [0.15, 0.2) is 6.20 Å². The van der Waals surface area contributed by atoms with E-state index < -0.39 is 0 Å². The molecule has 2 rings (SSSR count). The Labute approximate surface area is 103 Å². The van der Waals surface area contributed by atoms with Crippen molar-refractivity contribution >= 4 is 11.8 Å². The first kappa shape index (κ1) is 12.1. The van der Waals surface area contributed by atoms with Crippen LogP contribution < -0.4 is 10.6 Å². The summed E-state index contributed by atoms with van der Waals surface area (Å²) in [6, 6.07) is 0.575. The van der Waals surface area contributed by atoms with Gasteiger partial charge in [0.1, 0.15) is 5.82 Å². The Balaban J connectivity index is 2.22. The summed E-state index contributed by atoms with van der Waals surface area (Å²) in [6.45, 7) is 6.35. The molecule has 0 amide bonds. The van der Waals surface area contributed by atoms with E-state index in [-0.39, 0.29) is 0 Å². The van der Waals surface area contributed by atoms with E-state index in [1.165, 1.54) is 0 Å². The minimum Gasteiger partial charge on any atom is -0.368 e. The Morgan fingerprint density at radius 1 is 1.41 bits per heavy atom. The Hall–Kier alpha value is -1.36. The van der Waals surface area contributed by atoms with Gasteiger partial charge >= 0.3 is 0 Å². The number of aromatic nitrogens is 2. The normalized spacial score (nSPS) is 24.6. The predicted octanol–water partition coefficient (Wildman–Crippen LogP) is 0.754. The molecule has 1 aromatic rings. The summed E-state index contributed by atoms with van der Waals surface area (Å²) in [7, 11) is 4.26. The zero-order valence-electron chi connectivity index (χ0n) is 11.0. The maximum absolute atomic E-state index is 5.66. The molecule has 2 atom stereocenters. The van der Waals surface area contributed by atoms with E-state index in [0.29, 0.717) is 17.9 Å². The molecule has 5 heteroatoms. The molecule has 1 aromatic heterocycles. The van der Waals surface area contributed by atoms with Gasteiger partial charge in [-0.1, -0.05) is 6.92 Å². The first-order valence-electron chi connectivity index (χ1n) is 5.99. The average Bonchev–Trinajstić information content (AvgIpc) is 2.64. The van der Waals surface area contributed by atoms with Gasteiger partial charge in [-0.15, -0.1) is 0 Å². The first-order chi connectivity index (χ1) is 7.99. The van der Waals surface area contributed by atoms with Crippen molar-refractivity contribution in [2.75, 3.05) is 37.8 Å². The number of likely N-dealkylation sites (N-methyl/N-ethyl adjacent to an activating group) is 1. The minimum atomic E-state index is 0.353. The highest BCUT2D eigenvalue weighted by Crippen LogP contribution is 2.26. The van der Waals surface area contributed by atoms with Gasteiger partial charge < -0.3 is 15.5 Å². The number of anilines is 2. The molecule has 0 saturated carbocycles. The van der Waals surface area contributed by atoms with Gasteiger partial charge in [-0.3, -0.25) is 0 Å². The van der Waals surface area contributed by atoms with Crippen LogP contribution in [0.3, 0.4) is 0 Å². The number of hydrogen-bond donors (Lipinski definition) is 1. The number of nitrogens with two attached hydrogens (primary N) is 1. The molecule has 0 spiro atoms. The monoisotopic (exact) mass is 235 g/mol. The maximum atomic E-state index is 5.66. The second-order valence-corrected chi connectivity index (χ2v) is 5.15. The number of hydrogen-bond acceptors (Lipinski definition) is 5. The lowest BCUT2D eigenvalue weighted by Gasteiger charge is -2.23. The van der Waals surface area contributed by atoms with Gasteiger partial charge in [0.05, 0.1) is 0 Å². The zero-order chi connectivity index (χ0) is 12.6. The van der Waals surface area contributed by atoms with E-state index in [1.54, 1.807) is 6.20 Å². The van der Waals surface area contributed by atoms with Crippen molar-refractivity contribution < 1.29 is 0 Å². The SMILES string of the molecule is Cc1cnc(N)nc1N1CC(C)C(N(C)C)C1. The minimum absolute atomic E-state index is 0.353. The fraction of sp³-hybridized carbons (Fsp3) is 0.667. The third-order valence-electron chi connectivity index (χ3n) is 3.50. The lowest BCUT2D eigenvalue weighted by atomic mass is 10.1. The molecule has 94 valence electrons. The third-order valence-corrected chi connectivity index (χ3v) is 3.50. The Bertz CT molecular complexity index is 404. The fourth-order valence-electron chi connectivity index (χ4n) is 2.56. The van der Waals surface area contributed by atoms with Crippen LogP contribution in [0.5, 0.6) is 0 Å². The highest BCUT2D eigenvalue weighted by molar-refractivity contribution is 5.49. The average molecular weight is 235 g/mol. The molecule has 1 aliphatic heterocycles. The van der Waals surface area contributed by atoms with Crippen molar-refractivity contribution in [2.45, 2.75) is 19.9 Å². The largest absolute Gasteiger partial charge is 0.368 e. The molecule has 2 heterocycles. The molecule has 1 aliphatic rings. The van der Waals surface area contributed by atoms with Crippen LogP contribution >= 0.6 is 0 Å². The molecule has 0 radical (unpaired) electrons. The van der Waals surface area contributed by atoms with Crippen LogP contribution in [0, 0.1) is 12.8 Å². The van der Waals surface area contributed by atoms with Crippen molar-refractivity contribution in [3.8, 4) is 0 Å². The van der Waals surface area contributed by atoms with Crippen molar-refractivity contribution in [3.05, 3.63) is 11.8 Å². The molecular weight excluding hydrogens is 214 g/mol. The molecule has 0 aromatic carbocycles. The summed E-state index contributed by atoms with van der Waals surface area (Å²) in [5.41, 5.74) is 6.75. The van der Waals surface area contributed by atoms with Crippen LogP contribution in [-0.4, -0.2) is 48.1 Å². The topological polar surface area (TPSA) is 58.3 Å². The molecule has 0 aliphatic carbocycles. The molecular formula is C12H21N5. The molecule has 5 nitrogen and oxygen atoms in total. The lowest BCUT2D eigenvalue weighted by molar-refractivity contribution is 0.266.